The molecule has 2 N–H and O–H groups in total. The SMILES string of the molecule is COc1ccc(NC(=O)CSCC(=O)Nc2nnc(C)s2)cc1. The zero-order chi connectivity index (χ0) is 16.7. The highest BCUT2D eigenvalue weighted by molar-refractivity contribution is 8.00. The average Bonchev–Trinajstić information content (AvgIpc) is 2.93. The first-order valence-electron chi connectivity index (χ1n) is 6.68. The molecule has 1 aromatic heterocycles. The predicted octanol–water partition coefficient (Wildman–Crippen LogP) is 2.17. The number of hydrogen-bond acceptors (Lipinski definition) is 7. The van der Waals surface area contributed by atoms with E-state index < -0.39 is 0 Å². The number of amides is 2. The summed E-state index contributed by atoms with van der Waals surface area (Å²) in [6, 6.07) is 7.04. The Labute approximate surface area is 141 Å². The minimum absolute atomic E-state index is 0.167. The normalized spacial score (nSPS) is 10.2. The Morgan fingerprint density at radius 1 is 1.13 bits per heavy atom. The third-order valence-corrected chi connectivity index (χ3v) is 4.30. The number of hydrogen-bond donors (Lipinski definition) is 2. The summed E-state index contributed by atoms with van der Waals surface area (Å²) in [5.41, 5.74) is 0.685. The van der Waals surface area contributed by atoms with Crippen molar-refractivity contribution in [3.63, 3.8) is 0 Å². The summed E-state index contributed by atoms with van der Waals surface area (Å²) in [6.07, 6.45) is 0. The Bertz CT molecular complexity index is 673. The van der Waals surface area contributed by atoms with E-state index in [9.17, 15) is 9.59 Å². The fourth-order valence-electron chi connectivity index (χ4n) is 1.61. The highest BCUT2D eigenvalue weighted by Crippen LogP contribution is 2.16. The molecule has 0 atom stereocenters. The molecule has 1 aromatic carbocycles. The minimum Gasteiger partial charge on any atom is -0.497 e. The quantitative estimate of drug-likeness (QED) is 0.793. The number of nitrogens with one attached hydrogen (secondary N) is 2. The van der Waals surface area contributed by atoms with Crippen LogP contribution in [0.2, 0.25) is 0 Å². The molecule has 2 aromatic rings. The van der Waals surface area contributed by atoms with Crippen LogP contribution >= 0.6 is 23.1 Å². The summed E-state index contributed by atoms with van der Waals surface area (Å²) in [5.74, 6) is 0.715. The van der Waals surface area contributed by atoms with Crippen molar-refractivity contribution in [1.82, 2.24) is 10.2 Å². The first-order chi connectivity index (χ1) is 11.1. The van der Waals surface area contributed by atoms with E-state index in [2.05, 4.69) is 20.8 Å². The van der Waals surface area contributed by atoms with Gasteiger partial charge in [0.1, 0.15) is 10.8 Å². The van der Waals surface area contributed by atoms with Gasteiger partial charge in [0.25, 0.3) is 0 Å². The van der Waals surface area contributed by atoms with Crippen LogP contribution < -0.4 is 15.4 Å². The van der Waals surface area contributed by atoms with E-state index in [1.807, 2.05) is 6.92 Å². The number of carbonyl (C=O) groups is 2. The number of benzene rings is 1. The number of ether oxygens (including phenoxy) is 1. The average molecular weight is 352 g/mol. The number of aryl methyl sites for hydroxylation is 1. The van der Waals surface area contributed by atoms with E-state index >= 15 is 0 Å². The lowest BCUT2D eigenvalue weighted by atomic mass is 10.3. The molecule has 0 fully saturated rings. The molecule has 7 nitrogen and oxygen atoms in total. The van der Waals surface area contributed by atoms with Gasteiger partial charge >= 0.3 is 0 Å². The highest BCUT2D eigenvalue weighted by Gasteiger charge is 2.08. The van der Waals surface area contributed by atoms with Gasteiger partial charge in [0, 0.05) is 5.69 Å². The maximum absolute atomic E-state index is 11.8. The first-order valence-corrected chi connectivity index (χ1v) is 8.65. The van der Waals surface area contributed by atoms with Crippen LogP contribution in [-0.4, -0.2) is 40.6 Å². The lowest BCUT2D eigenvalue weighted by Crippen LogP contribution is -2.18. The summed E-state index contributed by atoms with van der Waals surface area (Å²) in [4.78, 5) is 23.5. The smallest absolute Gasteiger partial charge is 0.236 e. The molecular weight excluding hydrogens is 336 g/mol. The van der Waals surface area contributed by atoms with Crippen LogP contribution in [-0.2, 0) is 9.59 Å². The van der Waals surface area contributed by atoms with E-state index in [0.29, 0.717) is 10.8 Å². The van der Waals surface area contributed by atoms with Crippen LogP contribution in [0.5, 0.6) is 5.75 Å². The van der Waals surface area contributed by atoms with Gasteiger partial charge in [-0.1, -0.05) is 11.3 Å². The van der Waals surface area contributed by atoms with Gasteiger partial charge in [-0.05, 0) is 31.2 Å². The Morgan fingerprint density at radius 2 is 1.78 bits per heavy atom. The first kappa shape index (κ1) is 17.2. The highest BCUT2D eigenvalue weighted by atomic mass is 32.2. The largest absolute Gasteiger partial charge is 0.497 e. The van der Waals surface area contributed by atoms with Crippen LogP contribution in [0.25, 0.3) is 0 Å². The lowest BCUT2D eigenvalue weighted by Gasteiger charge is -2.06. The lowest BCUT2D eigenvalue weighted by molar-refractivity contribution is -0.114. The molecule has 0 saturated heterocycles. The van der Waals surface area contributed by atoms with Gasteiger partial charge in [0.15, 0.2) is 0 Å². The molecule has 1 heterocycles. The maximum Gasteiger partial charge on any atom is 0.236 e. The van der Waals surface area contributed by atoms with Crippen LogP contribution in [0.1, 0.15) is 5.01 Å². The fraction of sp³-hybridized carbons (Fsp3) is 0.286. The van der Waals surface area contributed by atoms with Crippen molar-refractivity contribution < 1.29 is 14.3 Å². The number of thioether (sulfide) groups is 1. The summed E-state index contributed by atoms with van der Waals surface area (Å²) in [5, 5.41) is 14.3. The molecule has 0 bridgehead atoms. The minimum atomic E-state index is -0.205. The molecule has 0 aliphatic carbocycles. The Hall–Kier alpha value is -2.13. The van der Waals surface area contributed by atoms with E-state index in [0.717, 1.165) is 10.8 Å². The molecule has 2 rings (SSSR count). The molecule has 0 aliphatic rings. The Balaban J connectivity index is 1.68. The van der Waals surface area contributed by atoms with Crippen molar-refractivity contribution in [2.24, 2.45) is 0 Å². The van der Waals surface area contributed by atoms with E-state index in [4.69, 9.17) is 4.74 Å². The molecule has 0 aliphatic heterocycles. The Kier molecular flexibility index (Phi) is 6.36. The summed E-state index contributed by atoms with van der Waals surface area (Å²) < 4.78 is 5.05. The molecule has 9 heteroatoms. The Morgan fingerprint density at radius 3 is 2.35 bits per heavy atom. The molecule has 23 heavy (non-hydrogen) atoms. The van der Waals surface area contributed by atoms with E-state index in [-0.39, 0.29) is 23.3 Å². The van der Waals surface area contributed by atoms with Gasteiger partial charge in [-0.25, -0.2) is 0 Å². The summed E-state index contributed by atoms with van der Waals surface area (Å²) in [6.45, 7) is 1.81. The molecule has 2 amide bonds. The van der Waals surface area contributed by atoms with Gasteiger partial charge in [-0.15, -0.1) is 22.0 Å². The zero-order valence-corrected chi connectivity index (χ0v) is 14.3. The third-order valence-electron chi connectivity index (χ3n) is 2.61. The van der Waals surface area contributed by atoms with Gasteiger partial charge in [0.05, 0.1) is 18.6 Å². The third kappa shape index (κ3) is 5.87. The number of aromatic nitrogens is 2. The van der Waals surface area contributed by atoms with Crippen molar-refractivity contribution in [3.8, 4) is 5.75 Å². The van der Waals surface area contributed by atoms with Gasteiger partial charge in [-0.3, -0.25) is 14.9 Å². The van der Waals surface area contributed by atoms with Gasteiger partial charge in [-0.2, -0.15) is 0 Å². The van der Waals surface area contributed by atoms with E-state index in [1.165, 1.54) is 23.1 Å². The summed E-state index contributed by atoms with van der Waals surface area (Å²) >= 11 is 2.54. The number of rotatable bonds is 7. The van der Waals surface area contributed by atoms with Crippen LogP contribution in [0.15, 0.2) is 24.3 Å². The molecule has 0 saturated carbocycles. The number of anilines is 2. The van der Waals surface area contributed by atoms with Crippen molar-refractivity contribution in [2.45, 2.75) is 6.92 Å². The predicted molar refractivity (Wildman–Crippen MR) is 92.2 cm³/mol. The number of nitrogens with zero attached hydrogens (tertiary/aromatic N) is 2. The topological polar surface area (TPSA) is 93.2 Å². The van der Waals surface area contributed by atoms with Crippen molar-refractivity contribution >= 4 is 45.7 Å². The van der Waals surface area contributed by atoms with Crippen molar-refractivity contribution in [3.05, 3.63) is 29.3 Å². The molecule has 122 valence electrons. The van der Waals surface area contributed by atoms with Gasteiger partial charge < -0.3 is 10.1 Å². The fourth-order valence-corrected chi connectivity index (χ4v) is 2.84. The molecule has 0 unspecified atom stereocenters. The number of methoxy groups -OCH3 is 1. The molecule has 0 radical (unpaired) electrons. The second kappa shape index (κ2) is 8.49. The van der Waals surface area contributed by atoms with Crippen LogP contribution in [0.3, 0.4) is 0 Å². The second-order valence-corrected chi connectivity index (χ2v) is 6.61. The van der Waals surface area contributed by atoms with E-state index in [1.54, 1.807) is 31.4 Å². The van der Waals surface area contributed by atoms with Crippen LogP contribution in [0, 0.1) is 6.92 Å². The monoisotopic (exact) mass is 352 g/mol. The standard InChI is InChI=1S/C14H16N4O3S2/c1-9-17-18-14(23-9)16-13(20)8-22-7-12(19)15-10-3-5-11(21-2)6-4-10/h3-6H,7-8H2,1-2H3,(H,15,19)(H,16,18,20). The molecular formula is C14H16N4O3S2. The zero-order valence-electron chi connectivity index (χ0n) is 12.7. The van der Waals surface area contributed by atoms with Crippen molar-refractivity contribution in [1.29, 1.82) is 0 Å². The van der Waals surface area contributed by atoms with Crippen molar-refractivity contribution in [2.75, 3.05) is 29.2 Å². The second-order valence-electron chi connectivity index (χ2n) is 4.44. The van der Waals surface area contributed by atoms with Gasteiger partial charge in [0.2, 0.25) is 16.9 Å². The summed E-state index contributed by atoms with van der Waals surface area (Å²) in [7, 11) is 1.58. The maximum atomic E-state index is 11.8. The van der Waals surface area contributed by atoms with Crippen LogP contribution in [0.4, 0.5) is 10.8 Å². The number of carbonyl (C=O) groups excluding carboxylic acids is 2. The molecule has 0 spiro atoms.